The molecule has 2 N–H and O–H groups in total. The van der Waals surface area contributed by atoms with Crippen molar-refractivity contribution in [2.24, 2.45) is 5.92 Å². The smallest absolute Gasteiger partial charge is 0.267 e. The highest BCUT2D eigenvalue weighted by Crippen LogP contribution is 2.33. The maximum Gasteiger partial charge on any atom is 0.267 e. The topological polar surface area (TPSA) is 73.7 Å². The molecule has 4 aromatic rings. The lowest BCUT2D eigenvalue weighted by atomic mass is 9.83. The Balaban J connectivity index is 0.00000316. The van der Waals surface area contributed by atoms with Gasteiger partial charge in [0.25, 0.3) is 5.91 Å². The van der Waals surface area contributed by atoms with E-state index in [-0.39, 0.29) is 24.4 Å². The molecule has 2 aromatic heterocycles. The third-order valence-electron chi connectivity index (χ3n) is 9.52. The van der Waals surface area contributed by atoms with Crippen LogP contribution in [0.1, 0.15) is 61.0 Å². The summed E-state index contributed by atoms with van der Waals surface area (Å²) in [5.74, 6) is 1.47. The van der Waals surface area contributed by atoms with Crippen LogP contribution < -0.4 is 10.1 Å². The Labute approximate surface area is 258 Å². The number of hydrogen-bond donors (Lipinski definition) is 2. The van der Waals surface area contributed by atoms with Crippen LogP contribution in [-0.2, 0) is 6.61 Å². The molecule has 0 aliphatic carbocycles. The first-order valence-electron chi connectivity index (χ1n) is 15.3. The molecule has 0 spiro atoms. The lowest BCUT2D eigenvalue weighted by Gasteiger charge is -2.46. The van der Waals surface area contributed by atoms with Gasteiger partial charge < -0.3 is 29.3 Å². The van der Waals surface area contributed by atoms with Crippen LogP contribution in [0.15, 0.2) is 53.1 Å². The van der Waals surface area contributed by atoms with Crippen molar-refractivity contribution in [1.29, 1.82) is 0 Å². The molecule has 3 aliphatic heterocycles. The number of aromatic nitrogens is 1. The normalized spacial score (nSPS) is 22.1. The van der Waals surface area contributed by atoms with E-state index in [9.17, 15) is 4.79 Å². The molecule has 0 saturated carbocycles. The van der Waals surface area contributed by atoms with Crippen molar-refractivity contribution in [3.05, 3.63) is 65.0 Å². The van der Waals surface area contributed by atoms with Crippen molar-refractivity contribution in [1.82, 2.24) is 20.1 Å². The summed E-state index contributed by atoms with van der Waals surface area (Å²) < 4.78 is 11.8. The van der Waals surface area contributed by atoms with E-state index in [1.807, 2.05) is 42.5 Å². The maximum atomic E-state index is 13.2. The van der Waals surface area contributed by atoms with Gasteiger partial charge in [0.15, 0.2) is 0 Å². The minimum absolute atomic E-state index is 0. The van der Waals surface area contributed by atoms with Crippen LogP contribution in [0.25, 0.3) is 21.9 Å². The highest BCUT2D eigenvalue weighted by molar-refractivity contribution is 6.35. The summed E-state index contributed by atoms with van der Waals surface area (Å²) in [7, 11) is 0. The molecule has 3 aliphatic rings. The van der Waals surface area contributed by atoms with Crippen molar-refractivity contribution >= 4 is 51.8 Å². The van der Waals surface area contributed by atoms with Gasteiger partial charge in [0, 0.05) is 53.6 Å². The number of furan rings is 1. The van der Waals surface area contributed by atoms with E-state index in [1.54, 1.807) is 6.26 Å². The number of nitrogens with one attached hydrogen (secondary N) is 2. The Kier molecular flexibility index (Phi) is 9.01. The molecule has 42 heavy (non-hydrogen) atoms. The van der Waals surface area contributed by atoms with Gasteiger partial charge in [-0.15, -0.1) is 12.4 Å². The highest BCUT2D eigenvalue weighted by Gasteiger charge is 2.34. The van der Waals surface area contributed by atoms with Crippen LogP contribution in [0.4, 0.5) is 0 Å². The molecule has 3 fully saturated rings. The summed E-state index contributed by atoms with van der Waals surface area (Å²) in [5, 5.41) is 5.69. The molecule has 7 rings (SSSR count). The zero-order chi connectivity index (χ0) is 27.8. The van der Waals surface area contributed by atoms with E-state index in [0.29, 0.717) is 23.1 Å². The molecule has 0 radical (unpaired) electrons. The fourth-order valence-electron chi connectivity index (χ4n) is 7.39. The van der Waals surface area contributed by atoms with Gasteiger partial charge in [-0.2, -0.15) is 0 Å². The predicted octanol–water partition coefficient (Wildman–Crippen LogP) is 7.03. The van der Waals surface area contributed by atoms with E-state index >= 15 is 0 Å². The van der Waals surface area contributed by atoms with Gasteiger partial charge in [-0.1, -0.05) is 30.2 Å². The summed E-state index contributed by atoms with van der Waals surface area (Å²) in [6, 6.07) is 14.4. The number of aromatic amines is 1. The second-order valence-corrected chi connectivity index (χ2v) is 12.5. The monoisotopic (exact) mass is 610 g/mol. The van der Waals surface area contributed by atoms with Crippen molar-refractivity contribution < 1.29 is 13.9 Å². The molecule has 2 aromatic carbocycles. The zero-order valence-electron chi connectivity index (χ0n) is 23.9. The Bertz CT molecular complexity index is 1520. The minimum Gasteiger partial charge on any atom is -0.488 e. The Morgan fingerprint density at radius 1 is 1.02 bits per heavy atom. The van der Waals surface area contributed by atoms with Gasteiger partial charge in [0.2, 0.25) is 0 Å². The van der Waals surface area contributed by atoms with Crippen molar-refractivity contribution in [2.45, 2.75) is 63.6 Å². The van der Waals surface area contributed by atoms with Crippen LogP contribution in [-0.4, -0.2) is 65.5 Å². The fourth-order valence-corrected chi connectivity index (χ4v) is 7.68. The number of piperidine rings is 3. The molecule has 9 heteroatoms. The molecule has 1 unspecified atom stereocenters. The maximum absolute atomic E-state index is 13.2. The number of ether oxygens (including phenoxy) is 1. The first-order chi connectivity index (χ1) is 20.1. The average molecular weight is 612 g/mol. The predicted molar refractivity (Wildman–Crippen MR) is 170 cm³/mol. The number of fused-ring (bicyclic) bond motifs is 3. The fraction of sp³-hybridized carbons (Fsp3) is 0.485. The van der Waals surface area contributed by atoms with Gasteiger partial charge in [-0.05, 0) is 87.9 Å². The van der Waals surface area contributed by atoms with E-state index in [2.05, 4.69) is 20.1 Å². The standard InChI is InChI=1S/C33H39ClN4O3.ClH/c34-26-7-3-11-31-32(26)23(21-41-31)20-40-30-10-4-8-27-25(30)18-28(36-27)33(39)35-24-12-16-37(17-13-24)19-22-6-5-15-38-14-2-1-9-29(22)38;/h3-4,7-8,10-11,18,21-22,24,29,36H,1-2,5-6,9,12-17,19-20H2,(H,35,39);1H/t22-,29?;/m0./s1. The zero-order valence-corrected chi connectivity index (χ0v) is 25.5. The van der Waals surface area contributed by atoms with Gasteiger partial charge in [0.05, 0.1) is 11.3 Å². The minimum atomic E-state index is -0.0525. The van der Waals surface area contributed by atoms with E-state index in [1.165, 1.54) is 51.7 Å². The van der Waals surface area contributed by atoms with Gasteiger partial charge in [0.1, 0.15) is 23.6 Å². The van der Waals surface area contributed by atoms with E-state index in [0.717, 1.165) is 65.3 Å². The molecule has 3 saturated heterocycles. The SMILES string of the molecule is Cl.O=C(NC1CCN(C[C@@H]2CCCN3CCCCC23)CC1)c1cc2c(OCc3coc4cccc(Cl)c34)cccc2[nH]1. The van der Waals surface area contributed by atoms with Crippen molar-refractivity contribution in [3.8, 4) is 5.75 Å². The molecule has 5 heterocycles. The number of rotatable bonds is 7. The second-order valence-electron chi connectivity index (χ2n) is 12.1. The molecule has 7 nitrogen and oxygen atoms in total. The Morgan fingerprint density at radius 3 is 2.74 bits per heavy atom. The number of benzene rings is 2. The third kappa shape index (κ3) is 6.02. The summed E-state index contributed by atoms with van der Waals surface area (Å²) in [4.78, 5) is 22.0. The van der Waals surface area contributed by atoms with Crippen LogP contribution >= 0.6 is 24.0 Å². The first kappa shape index (κ1) is 29.4. The Morgan fingerprint density at radius 2 is 1.86 bits per heavy atom. The van der Waals surface area contributed by atoms with Crippen molar-refractivity contribution in [3.63, 3.8) is 0 Å². The number of carbonyl (C=O) groups is 1. The van der Waals surface area contributed by atoms with Gasteiger partial charge in [-0.3, -0.25) is 4.79 Å². The Hall–Kier alpha value is -2.71. The first-order valence-corrected chi connectivity index (χ1v) is 15.7. The number of halogens is 2. The summed E-state index contributed by atoms with van der Waals surface area (Å²) in [5.41, 5.74) is 3.07. The largest absolute Gasteiger partial charge is 0.488 e. The summed E-state index contributed by atoms with van der Waals surface area (Å²) in [6.45, 7) is 6.26. The highest BCUT2D eigenvalue weighted by atomic mass is 35.5. The van der Waals surface area contributed by atoms with Crippen LogP contribution in [0.2, 0.25) is 5.02 Å². The third-order valence-corrected chi connectivity index (χ3v) is 9.84. The molecule has 1 amide bonds. The molecule has 224 valence electrons. The van der Waals surface area contributed by atoms with Crippen LogP contribution in [0, 0.1) is 5.92 Å². The number of hydrogen-bond acceptors (Lipinski definition) is 5. The lowest BCUT2D eigenvalue weighted by Crippen LogP contribution is -2.52. The molecular weight excluding hydrogens is 571 g/mol. The van der Waals surface area contributed by atoms with Gasteiger partial charge in [-0.25, -0.2) is 0 Å². The lowest BCUT2D eigenvalue weighted by molar-refractivity contribution is 0.0351. The summed E-state index contributed by atoms with van der Waals surface area (Å²) in [6.07, 6.45) is 10.6. The van der Waals surface area contributed by atoms with E-state index in [4.69, 9.17) is 20.8 Å². The number of nitrogens with zero attached hydrogens (tertiary/aromatic N) is 2. The number of carbonyl (C=O) groups excluding carboxylic acids is 1. The average Bonchev–Trinajstić information content (AvgIpc) is 3.63. The van der Waals surface area contributed by atoms with E-state index < -0.39 is 0 Å². The number of amides is 1. The quantitative estimate of drug-likeness (QED) is 0.235. The van der Waals surface area contributed by atoms with Crippen LogP contribution in [0.3, 0.4) is 0 Å². The summed E-state index contributed by atoms with van der Waals surface area (Å²) >= 11 is 6.41. The molecule has 2 atom stereocenters. The number of H-pyrrole nitrogens is 1. The van der Waals surface area contributed by atoms with Crippen molar-refractivity contribution in [2.75, 3.05) is 32.7 Å². The second kappa shape index (κ2) is 12.9. The van der Waals surface area contributed by atoms with Crippen LogP contribution in [0.5, 0.6) is 5.75 Å². The van der Waals surface area contributed by atoms with Gasteiger partial charge >= 0.3 is 0 Å². The molecular formula is C33H40Cl2N4O3. The number of likely N-dealkylation sites (tertiary alicyclic amines) is 1. The molecule has 0 bridgehead atoms.